The first-order valence-corrected chi connectivity index (χ1v) is 9.69. The molecule has 2 aliphatic heterocycles. The maximum Gasteiger partial charge on any atom is 0.243 e. The summed E-state index contributed by atoms with van der Waals surface area (Å²) in [6.07, 6.45) is 7.61. The van der Waals surface area contributed by atoms with Crippen LogP contribution < -0.4 is 10.6 Å². The molecular weight excluding hydrogens is 316 g/mol. The zero-order valence-corrected chi connectivity index (χ0v) is 15.6. The Morgan fingerprint density at radius 3 is 2.76 bits per heavy atom. The van der Waals surface area contributed by atoms with E-state index in [1.54, 1.807) is 13.2 Å². The van der Waals surface area contributed by atoms with Gasteiger partial charge in [-0.1, -0.05) is 19.4 Å². The van der Waals surface area contributed by atoms with Gasteiger partial charge < -0.3 is 15.4 Å². The third kappa shape index (κ3) is 2.46. The van der Waals surface area contributed by atoms with Crippen LogP contribution in [0.25, 0.3) is 0 Å². The van der Waals surface area contributed by atoms with E-state index in [1.807, 2.05) is 0 Å². The third-order valence-corrected chi connectivity index (χ3v) is 7.83. The summed E-state index contributed by atoms with van der Waals surface area (Å²) in [4.78, 5) is 24.8. The molecule has 25 heavy (non-hydrogen) atoms. The van der Waals surface area contributed by atoms with Gasteiger partial charge in [0.1, 0.15) is 0 Å². The summed E-state index contributed by atoms with van der Waals surface area (Å²) in [5, 5.41) is 6.36. The zero-order chi connectivity index (χ0) is 17.8. The number of methoxy groups -OCH3 is 1. The van der Waals surface area contributed by atoms with Gasteiger partial charge in [0.05, 0.1) is 6.10 Å². The molecular formula is C20H30N2O3. The molecule has 2 saturated carbocycles. The fourth-order valence-corrected chi connectivity index (χ4v) is 6.49. The number of carbonyl (C=O) groups excluding carboxylic acids is 2. The molecule has 6 atom stereocenters. The molecule has 3 fully saturated rings. The van der Waals surface area contributed by atoms with E-state index in [0.717, 1.165) is 32.1 Å². The highest BCUT2D eigenvalue weighted by atomic mass is 16.5. The molecule has 2 amide bonds. The number of amides is 2. The van der Waals surface area contributed by atoms with E-state index < -0.39 is 0 Å². The zero-order valence-electron chi connectivity index (χ0n) is 15.6. The number of fused-ring (bicyclic) bond motifs is 5. The Labute approximate surface area is 149 Å². The molecule has 1 saturated heterocycles. The number of carbonyl (C=O) groups is 2. The summed E-state index contributed by atoms with van der Waals surface area (Å²) >= 11 is 0. The summed E-state index contributed by atoms with van der Waals surface area (Å²) in [6, 6.07) is 0.120. The molecule has 0 unspecified atom stereocenters. The molecule has 2 aliphatic carbocycles. The van der Waals surface area contributed by atoms with Crippen LogP contribution in [0.15, 0.2) is 11.6 Å². The average molecular weight is 346 g/mol. The van der Waals surface area contributed by atoms with Gasteiger partial charge in [0.2, 0.25) is 11.8 Å². The fourth-order valence-electron chi connectivity index (χ4n) is 6.49. The van der Waals surface area contributed by atoms with Crippen LogP contribution in [0.2, 0.25) is 0 Å². The van der Waals surface area contributed by atoms with Crippen LogP contribution in [0.4, 0.5) is 0 Å². The SMILES string of the molecule is CO[C@H]1CC[C@H]2[C@@H]3CCC4=CC(=O)NCC[C@]4(C)[C@H]3NC(=O)C[C@]12C. The lowest BCUT2D eigenvalue weighted by molar-refractivity contribution is -0.125. The van der Waals surface area contributed by atoms with Crippen molar-refractivity contribution in [3.05, 3.63) is 11.6 Å². The molecule has 0 aromatic heterocycles. The fraction of sp³-hybridized carbons (Fsp3) is 0.800. The molecule has 0 radical (unpaired) electrons. The van der Waals surface area contributed by atoms with Crippen LogP contribution >= 0.6 is 0 Å². The molecule has 0 aromatic carbocycles. The van der Waals surface area contributed by atoms with E-state index >= 15 is 0 Å². The van der Waals surface area contributed by atoms with Crippen LogP contribution in [0.5, 0.6) is 0 Å². The number of hydrogen-bond acceptors (Lipinski definition) is 3. The first-order chi connectivity index (χ1) is 11.9. The second kappa shape index (κ2) is 5.83. The van der Waals surface area contributed by atoms with Gasteiger partial charge in [-0.05, 0) is 43.9 Å². The lowest BCUT2D eigenvalue weighted by Gasteiger charge is -2.50. The van der Waals surface area contributed by atoms with E-state index in [1.165, 1.54) is 5.57 Å². The Kier molecular flexibility index (Phi) is 3.98. The minimum absolute atomic E-state index is 0.0160. The lowest BCUT2D eigenvalue weighted by Crippen LogP contribution is -2.54. The quantitative estimate of drug-likeness (QED) is 0.765. The molecule has 0 bridgehead atoms. The first-order valence-electron chi connectivity index (χ1n) is 9.69. The molecule has 138 valence electrons. The van der Waals surface area contributed by atoms with E-state index in [0.29, 0.717) is 24.8 Å². The molecule has 0 aromatic rings. The van der Waals surface area contributed by atoms with Crippen LogP contribution in [0, 0.1) is 22.7 Å². The van der Waals surface area contributed by atoms with Crippen LogP contribution in [-0.4, -0.2) is 37.6 Å². The summed E-state index contributed by atoms with van der Waals surface area (Å²) in [5.41, 5.74) is 1.01. The van der Waals surface area contributed by atoms with Crippen molar-refractivity contribution in [1.29, 1.82) is 0 Å². The van der Waals surface area contributed by atoms with Gasteiger partial charge in [0, 0.05) is 43.0 Å². The van der Waals surface area contributed by atoms with Gasteiger partial charge in [0.25, 0.3) is 0 Å². The average Bonchev–Trinajstić information content (AvgIpc) is 2.70. The van der Waals surface area contributed by atoms with Crippen molar-refractivity contribution in [2.24, 2.45) is 22.7 Å². The van der Waals surface area contributed by atoms with Crippen LogP contribution in [0.1, 0.15) is 52.4 Å². The summed E-state index contributed by atoms with van der Waals surface area (Å²) in [6.45, 7) is 5.19. The second-order valence-electron chi connectivity index (χ2n) is 8.97. The summed E-state index contributed by atoms with van der Waals surface area (Å²) in [7, 11) is 1.78. The van der Waals surface area contributed by atoms with Gasteiger partial charge in [-0.25, -0.2) is 0 Å². The number of rotatable bonds is 1. The Bertz CT molecular complexity index is 630. The van der Waals surface area contributed by atoms with Gasteiger partial charge in [-0.15, -0.1) is 0 Å². The number of hydrogen-bond donors (Lipinski definition) is 2. The minimum atomic E-state index is -0.131. The predicted molar refractivity (Wildman–Crippen MR) is 94.7 cm³/mol. The van der Waals surface area contributed by atoms with Crippen molar-refractivity contribution in [3.63, 3.8) is 0 Å². The van der Waals surface area contributed by atoms with Crippen molar-refractivity contribution < 1.29 is 14.3 Å². The van der Waals surface area contributed by atoms with Gasteiger partial charge in [0.15, 0.2) is 0 Å². The van der Waals surface area contributed by atoms with Crippen molar-refractivity contribution in [3.8, 4) is 0 Å². The highest BCUT2D eigenvalue weighted by molar-refractivity contribution is 5.89. The standard InChI is InChI=1S/C20H30N2O3/c1-19-8-9-21-16(23)10-12(19)4-5-13-14-6-7-15(25-3)20(14,2)11-17(24)22-18(13)19/h10,13-15,18H,4-9,11H2,1-3H3,(H,21,23)(H,22,24)/t13-,14-,15-,18-,19-,20-/m0/s1. The highest BCUT2D eigenvalue weighted by Crippen LogP contribution is 2.58. The van der Waals surface area contributed by atoms with Gasteiger partial charge in [-0.2, -0.15) is 0 Å². The largest absolute Gasteiger partial charge is 0.381 e. The summed E-state index contributed by atoms with van der Waals surface area (Å²) in [5.74, 6) is 1.14. The van der Waals surface area contributed by atoms with E-state index in [2.05, 4.69) is 24.5 Å². The topological polar surface area (TPSA) is 67.4 Å². The van der Waals surface area contributed by atoms with Crippen molar-refractivity contribution in [2.75, 3.05) is 13.7 Å². The molecule has 2 N–H and O–H groups in total. The van der Waals surface area contributed by atoms with Crippen molar-refractivity contribution >= 4 is 11.8 Å². The highest BCUT2D eigenvalue weighted by Gasteiger charge is 2.58. The predicted octanol–water partition coefficient (Wildman–Crippen LogP) is 2.17. The van der Waals surface area contributed by atoms with E-state index in [4.69, 9.17) is 4.74 Å². The monoisotopic (exact) mass is 346 g/mol. The van der Waals surface area contributed by atoms with Crippen LogP contribution in [0.3, 0.4) is 0 Å². The Balaban J connectivity index is 1.75. The maximum atomic E-state index is 12.8. The third-order valence-electron chi connectivity index (χ3n) is 7.83. The smallest absolute Gasteiger partial charge is 0.243 e. The number of ether oxygens (including phenoxy) is 1. The van der Waals surface area contributed by atoms with E-state index in [-0.39, 0.29) is 34.8 Å². The molecule has 5 nitrogen and oxygen atoms in total. The normalized spacial score (nSPS) is 46.6. The van der Waals surface area contributed by atoms with Gasteiger partial charge >= 0.3 is 0 Å². The number of nitrogens with one attached hydrogen (secondary N) is 2. The van der Waals surface area contributed by atoms with E-state index in [9.17, 15) is 9.59 Å². The maximum absolute atomic E-state index is 12.8. The Hall–Kier alpha value is -1.36. The first kappa shape index (κ1) is 17.1. The molecule has 5 heteroatoms. The van der Waals surface area contributed by atoms with Crippen molar-refractivity contribution in [2.45, 2.75) is 64.5 Å². The summed E-state index contributed by atoms with van der Waals surface area (Å²) < 4.78 is 5.79. The lowest BCUT2D eigenvalue weighted by atomic mass is 9.57. The molecule has 0 spiro atoms. The van der Waals surface area contributed by atoms with Crippen LogP contribution in [-0.2, 0) is 14.3 Å². The molecule has 2 heterocycles. The molecule has 4 aliphatic rings. The second-order valence-corrected chi connectivity index (χ2v) is 8.97. The molecule has 4 rings (SSSR count). The Morgan fingerprint density at radius 2 is 2.00 bits per heavy atom. The van der Waals surface area contributed by atoms with Gasteiger partial charge in [-0.3, -0.25) is 9.59 Å². The Morgan fingerprint density at radius 1 is 1.20 bits per heavy atom. The van der Waals surface area contributed by atoms with Crippen molar-refractivity contribution in [1.82, 2.24) is 10.6 Å². The minimum Gasteiger partial charge on any atom is -0.381 e.